The molecular weight excluding hydrogens is 272 g/mol. The van der Waals surface area contributed by atoms with Crippen molar-refractivity contribution < 1.29 is 0 Å². The molecule has 1 heterocycles. The fourth-order valence-electron chi connectivity index (χ4n) is 2.26. The first-order valence-corrected chi connectivity index (χ1v) is 7.98. The Morgan fingerprint density at radius 1 is 1.40 bits per heavy atom. The van der Waals surface area contributed by atoms with Crippen LogP contribution in [-0.4, -0.2) is 41.9 Å². The minimum atomic E-state index is 0.275. The number of nitrogens with zero attached hydrogens (tertiary/aromatic N) is 3. The molecule has 0 amide bonds. The summed E-state index contributed by atoms with van der Waals surface area (Å²) in [6.07, 6.45) is 4.02. The van der Waals surface area contributed by atoms with Gasteiger partial charge in [-0.25, -0.2) is 0 Å². The van der Waals surface area contributed by atoms with Gasteiger partial charge in [0, 0.05) is 6.54 Å². The summed E-state index contributed by atoms with van der Waals surface area (Å²) >= 11 is 6.40. The van der Waals surface area contributed by atoms with E-state index in [9.17, 15) is 0 Å². The van der Waals surface area contributed by atoms with E-state index < -0.39 is 0 Å². The largest absolute Gasteiger partial charge is 0.308 e. The topological polar surface area (TPSA) is 33.1 Å². The van der Waals surface area contributed by atoms with Crippen molar-refractivity contribution in [1.29, 1.82) is 0 Å². The van der Waals surface area contributed by atoms with Gasteiger partial charge in [-0.15, -0.1) is 0 Å². The van der Waals surface area contributed by atoms with Gasteiger partial charge >= 0.3 is 0 Å². The van der Waals surface area contributed by atoms with Crippen molar-refractivity contribution in [3.05, 3.63) is 16.9 Å². The molecule has 1 rings (SSSR count). The highest BCUT2D eigenvalue weighted by Gasteiger charge is 2.24. The Morgan fingerprint density at radius 3 is 2.65 bits per heavy atom. The molecule has 1 aromatic rings. The molecule has 2 atom stereocenters. The average molecular weight is 301 g/mol. The molecule has 0 fully saturated rings. The third-order valence-electron chi connectivity index (χ3n) is 3.71. The van der Waals surface area contributed by atoms with Crippen LogP contribution in [0.5, 0.6) is 0 Å². The van der Waals surface area contributed by atoms with Crippen LogP contribution in [0, 0.1) is 5.92 Å². The summed E-state index contributed by atoms with van der Waals surface area (Å²) in [5, 5.41) is 8.86. The van der Waals surface area contributed by atoms with Gasteiger partial charge in [-0.3, -0.25) is 4.68 Å². The summed E-state index contributed by atoms with van der Waals surface area (Å²) < 4.78 is 2.06. The maximum atomic E-state index is 6.40. The van der Waals surface area contributed by atoms with E-state index >= 15 is 0 Å². The van der Waals surface area contributed by atoms with Gasteiger partial charge < -0.3 is 10.2 Å². The lowest BCUT2D eigenvalue weighted by atomic mass is 9.96. The predicted molar refractivity (Wildman–Crippen MR) is 86.3 cm³/mol. The standard InChI is InChI=1S/C15H29ClN4/c1-6-8-17-14(12(3)7-2)15-13(16)11-18-20(15)10-9-19(4)5/h11-12,14,17H,6-10H2,1-5H3. The van der Waals surface area contributed by atoms with Crippen molar-refractivity contribution >= 4 is 11.6 Å². The Balaban J connectivity index is 2.95. The lowest BCUT2D eigenvalue weighted by Crippen LogP contribution is -2.31. The van der Waals surface area contributed by atoms with Crippen LogP contribution in [-0.2, 0) is 6.54 Å². The number of nitrogens with one attached hydrogen (secondary N) is 1. The highest BCUT2D eigenvalue weighted by Crippen LogP contribution is 2.30. The van der Waals surface area contributed by atoms with Crippen LogP contribution in [0.2, 0.25) is 5.02 Å². The van der Waals surface area contributed by atoms with E-state index in [2.05, 4.69) is 54.9 Å². The van der Waals surface area contributed by atoms with Gasteiger partial charge in [-0.05, 0) is 33.0 Å². The van der Waals surface area contributed by atoms with E-state index in [1.54, 1.807) is 6.20 Å². The second kappa shape index (κ2) is 8.65. The summed E-state index contributed by atoms with van der Waals surface area (Å²) in [4.78, 5) is 2.16. The van der Waals surface area contributed by atoms with Crippen LogP contribution in [0.3, 0.4) is 0 Å². The Hall–Kier alpha value is -0.580. The first-order valence-electron chi connectivity index (χ1n) is 7.60. The SMILES string of the molecule is CCCNC(c1c(Cl)cnn1CCN(C)C)C(C)CC. The molecule has 5 heteroatoms. The first kappa shape index (κ1) is 17.5. The van der Waals surface area contributed by atoms with E-state index in [4.69, 9.17) is 11.6 Å². The summed E-state index contributed by atoms with van der Waals surface area (Å²) in [6, 6.07) is 0.275. The van der Waals surface area contributed by atoms with Crippen molar-refractivity contribution in [1.82, 2.24) is 20.0 Å². The zero-order valence-corrected chi connectivity index (χ0v) is 14.2. The minimum absolute atomic E-state index is 0.275. The molecule has 20 heavy (non-hydrogen) atoms. The van der Waals surface area contributed by atoms with Crippen LogP contribution < -0.4 is 5.32 Å². The number of hydrogen-bond acceptors (Lipinski definition) is 3. The molecule has 0 saturated heterocycles. The van der Waals surface area contributed by atoms with E-state index in [0.29, 0.717) is 5.92 Å². The van der Waals surface area contributed by atoms with E-state index in [0.717, 1.165) is 43.2 Å². The molecule has 0 spiro atoms. The fraction of sp³-hybridized carbons (Fsp3) is 0.800. The molecule has 116 valence electrons. The molecule has 0 aromatic carbocycles. The maximum Gasteiger partial charge on any atom is 0.0834 e. The third kappa shape index (κ3) is 4.76. The van der Waals surface area contributed by atoms with Crippen molar-refractivity contribution in [3.8, 4) is 0 Å². The van der Waals surface area contributed by atoms with Gasteiger partial charge in [-0.1, -0.05) is 38.8 Å². The molecule has 0 bridgehead atoms. The molecule has 0 aliphatic heterocycles. The number of rotatable bonds is 9. The van der Waals surface area contributed by atoms with Crippen molar-refractivity contribution in [2.75, 3.05) is 27.2 Å². The monoisotopic (exact) mass is 300 g/mol. The van der Waals surface area contributed by atoms with Gasteiger partial charge in [0.15, 0.2) is 0 Å². The van der Waals surface area contributed by atoms with Crippen LogP contribution in [0.15, 0.2) is 6.20 Å². The van der Waals surface area contributed by atoms with Gasteiger partial charge in [0.1, 0.15) is 0 Å². The molecule has 1 N–H and O–H groups in total. The van der Waals surface area contributed by atoms with Crippen LogP contribution in [0.25, 0.3) is 0 Å². The molecule has 1 aromatic heterocycles. The number of likely N-dealkylation sites (N-methyl/N-ethyl adjacent to an activating group) is 1. The van der Waals surface area contributed by atoms with Crippen LogP contribution in [0.1, 0.15) is 45.3 Å². The Bertz CT molecular complexity index is 389. The molecule has 0 aliphatic carbocycles. The lowest BCUT2D eigenvalue weighted by molar-refractivity contribution is 0.331. The van der Waals surface area contributed by atoms with E-state index in [1.807, 2.05) is 0 Å². The summed E-state index contributed by atoms with van der Waals surface area (Å²) in [5.74, 6) is 0.536. The summed E-state index contributed by atoms with van der Waals surface area (Å²) in [6.45, 7) is 9.52. The zero-order valence-electron chi connectivity index (χ0n) is 13.5. The Morgan fingerprint density at radius 2 is 2.10 bits per heavy atom. The van der Waals surface area contributed by atoms with E-state index in [1.165, 1.54) is 0 Å². The predicted octanol–water partition coefficient (Wildman–Crippen LogP) is 3.18. The Kier molecular flexibility index (Phi) is 7.56. The van der Waals surface area contributed by atoms with Crippen LogP contribution in [0.4, 0.5) is 0 Å². The minimum Gasteiger partial charge on any atom is -0.308 e. The molecule has 0 radical (unpaired) electrons. The van der Waals surface area contributed by atoms with Crippen LogP contribution >= 0.6 is 11.6 Å². The quantitative estimate of drug-likeness (QED) is 0.760. The average Bonchev–Trinajstić information content (AvgIpc) is 2.78. The third-order valence-corrected chi connectivity index (χ3v) is 4.01. The summed E-state index contributed by atoms with van der Waals surface area (Å²) in [7, 11) is 4.15. The molecular formula is C15H29ClN4. The van der Waals surface area contributed by atoms with Gasteiger partial charge in [0.05, 0.1) is 29.5 Å². The number of halogens is 1. The lowest BCUT2D eigenvalue weighted by Gasteiger charge is -2.26. The molecule has 0 saturated carbocycles. The maximum absolute atomic E-state index is 6.40. The van der Waals surface area contributed by atoms with Crippen molar-refractivity contribution in [3.63, 3.8) is 0 Å². The van der Waals surface area contributed by atoms with Gasteiger partial charge in [-0.2, -0.15) is 5.10 Å². The normalized spacial score (nSPS) is 14.8. The fourth-order valence-corrected chi connectivity index (χ4v) is 2.52. The smallest absolute Gasteiger partial charge is 0.0834 e. The Labute approximate surface area is 128 Å². The highest BCUT2D eigenvalue weighted by atomic mass is 35.5. The highest BCUT2D eigenvalue weighted by molar-refractivity contribution is 6.31. The molecule has 4 nitrogen and oxygen atoms in total. The molecule has 0 aliphatic rings. The van der Waals surface area contributed by atoms with Gasteiger partial charge in [0.2, 0.25) is 0 Å². The summed E-state index contributed by atoms with van der Waals surface area (Å²) in [5.41, 5.74) is 1.14. The second-order valence-corrected chi connectivity index (χ2v) is 6.13. The second-order valence-electron chi connectivity index (χ2n) is 5.72. The van der Waals surface area contributed by atoms with Crippen molar-refractivity contribution in [2.24, 2.45) is 5.92 Å². The molecule has 2 unspecified atom stereocenters. The van der Waals surface area contributed by atoms with Crippen molar-refractivity contribution in [2.45, 2.75) is 46.2 Å². The van der Waals surface area contributed by atoms with E-state index in [-0.39, 0.29) is 6.04 Å². The number of aromatic nitrogens is 2. The first-order chi connectivity index (χ1) is 9.51. The van der Waals surface area contributed by atoms with Gasteiger partial charge in [0.25, 0.3) is 0 Å². The number of hydrogen-bond donors (Lipinski definition) is 1. The zero-order chi connectivity index (χ0) is 15.1.